The molecule has 6 atom stereocenters. The van der Waals surface area contributed by atoms with Crippen LogP contribution in [0.2, 0.25) is 0 Å². The Hall–Kier alpha value is -5.84. The van der Waals surface area contributed by atoms with Crippen LogP contribution in [0.3, 0.4) is 0 Å². The third-order valence-electron chi connectivity index (χ3n) is 14.1. The van der Waals surface area contributed by atoms with Crippen molar-refractivity contribution in [3.63, 3.8) is 0 Å². The number of carbonyl (C=O) groups is 2. The van der Waals surface area contributed by atoms with Crippen LogP contribution in [0.15, 0.2) is 90.8 Å². The van der Waals surface area contributed by atoms with Crippen molar-refractivity contribution in [3.05, 3.63) is 141 Å². The van der Waals surface area contributed by atoms with Crippen LogP contribution in [-0.4, -0.2) is 59.7 Å². The largest absolute Gasteiger partial charge is 0.507 e. The molecule has 314 valence electrons. The summed E-state index contributed by atoms with van der Waals surface area (Å²) in [6, 6.07) is 20.7. The number of nitrogens with one attached hydrogen (secondary N) is 3. The highest BCUT2D eigenvalue weighted by Crippen LogP contribution is 2.50. The summed E-state index contributed by atoms with van der Waals surface area (Å²) in [5, 5.41) is 50.6. The van der Waals surface area contributed by atoms with Gasteiger partial charge in [0.1, 0.15) is 29.2 Å². The van der Waals surface area contributed by atoms with E-state index in [1.807, 2.05) is 48.8 Å². The zero-order valence-electron chi connectivity index (χ0n) is 34.2. The molecular formula is C51H53N3O7. The van der Waals surface area contributed by atoms with Gasteiger partial charge in [-0.15, -0.1) is 0 Å². The molecule has 1 fully saturated rings. The molecule has 1 aliphatic heterocycles. The SMILES string of the molecule is O=C1CCc2cc(OC3CCCC3)c(O)c(c2)[C@H](O)c2cccc(c2)[C@H]2CC[C@@H](Nc3[nH]ccc32)C2=Cc3[nH]ccc3[C@@H](C[C@@]3(O)C=Cc4c(O)cccc4CC3)[C@H]2C(=O)C1. The number of phenolic OH excluding ortho intramolecular Hbond substituents is 2. The molecule has 10 nitrogen and oxygen atoms in total. The number of rotatable bonds is 4. The standard InChI is InChI=1S/C51H53N3O7/c55-33-12-11-29-23-40(49(59)46(24-29)61-34-8-1-2-9-34)48(58)32-7-3-6-31(25-32)35-13-14-42(54-50-38(35)18-22-53-50)39-27-43-37(17-21-52-43)41(47(39)45(57)26-33)28-51(60)19-15-30-5-4-10-44(56)36(30)16-20-51/h3-7,10,16-18,20-25,27,34-35,41-42,47-48,52-54,56,58-60H,1-2,8-9,11-15,19,26,28H2/t35-,41-,42-,47+,48-,51+/m1/s1. The molecule has 3 heterocycles. The van der Waals surface area contributed by atoms with Crippen LogP contribution < -0.4 is 10.1 Å². The van der Waals surface area contributed by atoms with Gasteiger partial charge in [-0.2, -0.15) is 0 Å². The normalized spacial score (nSPS) is 26.4. The summed E-state index contributed by atoms with van der Waals surface area (Å²) in [4.78, 5) is 36.0. The first kappa shape index (κ1) is 39.3. The number of ether oxygens (including phenoxy) is 1. The van der Waals surface area contributed by atoms with Crippen molar-refractivity contribution in [2.24, 2.45) is 5.92 Å². The van der Waals surface area contributed by atoms with E-state index in [4.69, 9.17) is 4.74 Å². The van der Waals surface area contributed by atoms with E-state index in [0.29, 0.717) is 48.1 Å². The molecule has 0 radical (unpaired) electrons. The number of fused-ring (bicyclic) bond motifs is 14. The van der Waals surface area contributed by atoms with Crippen molar-refractivity contribution in [3.8, 4) is 17.2 Å². The Morgan fingerprint density at radius 3 is 2.49 bits per heavy atom. The number of hydrogen-bond donors (Lipinski definition) is 7. The summed E-state index contributed by atoms with van der Waals surface area (Å²) in [6.07, 6.45) is 14.8. The number of carbonyl (C=O) groups excluding carboxylic acids is 2. The maximum atomic E-state index is 15.1. The second-order valence-corrected chi connectivity index (χ2v) is 18.0. The van der Waals surface area contributed by atoms with Crippen molar-refractivity contribution in [1.29, 1.82) is 0 Å². The fourth-order valence-corrected chi connectivity index (χ4v) is 10.9. The number of H-pyrrole nitrogens is 2. The first-order valence-corrected chi connectivity index (χ1v) is 22.0. The van der Waals surface area contributed by atoms with Gasteiger partial charge in [-0.3, -0.25) is 9.59 Å². The first-order chi connectivity index (χ1) is 29.6. The minimum atomic E-state index is -1.30. The monoisotopic (exact) mass is 819 g/mol. The lowest BCUT2D eigenvalue weighted by atomic mass is 9.67. The van der Waals surface area contributed by atoms with E-state index in [2.05, 4.69) is 33.5 Å². The molecule has 6 bridgehead atoms. The first-order valence-electron chi connectivity index (χ1n) is 22.0. The topological polar surface area (TPSA) is 168 Å². The van der Waals surface area contributed by atoms with E-state index in [9.17, 15) is 25.2 Å². The minimum absolute atomic E-state index is 0.0391. The van der Waals surface area contributed by atoms with Crippen LogP contribution in [0.5, 0.6) is 17.2 Å². The molecule has 3 aromatic carbocycles. The van der Waals surface area contributed by atoms with Gasteiger partial charge < -0.3 is 40.4 Å². The van der Waals surface area contributed by atoms with Gasteiger partial charge in [0.15, 0.2) is 11.5 Å². The average Bonchev–Trinajstić information content (AvgIpc) is 4.01. The maximum absolute atomic E-state index is 15.1. The number of aromatic nitrogens is 2. The third-order valence-corrected chi connectivity index (χ3v) is 14.1. The second kappa shape index (κ2) is 15.9. The van der Waals surface area contributed by atoms with Gasteiger partial charge in [0.2, 0.25) is 0 Å². The molecule has 10 rings (SSSR count). The number of aryl methyl sites for hydroxylation is 2. The van der Waals surface area contributed by atoms with Crippen molar-refractivity contribution >= 4 is 29.5 Å². The van der Waals surface area contributed by atoms with Gasteiger partial charge in [0.25, 0.3) is 0 Å². The summed E-state index contributed by atoms with van der Waals surface area (Å²) in [7, 11) is 0. The fourth-order valence-electron chi connectivity index (χ4n) is 10.9. The average molecular weight is 820 g/mol. The van der Waals surface area contributed by atoms with E-state index in [-0.39, 0.29) is 60.4 Å². The predicted molar refractivity (Wildman–Crippen MR) is 234 cm³/mol. The summed E-state index contributed by atoms with van der Waals surface area (Å²) < 4.78 is 6.37. The lowest BCUT2D eigenvalue weighted by Gasteiger charge is -2.39. The van der Waals surface area contributed by atoms with Crippen LogP contribution in [0.4, 0.5) is 5.82 Å². The van der Waals surface area contributed by atoms with Gasteiger partial charge in [0, 0.05) is 65.0 Å². The Kier molecular flexibility index (Phi) is 10.2. The van der Waals surface area contributed by atoms with Crippen LogP contribution in [0.1, 0.15) is 132 Å². The Labute approximate surface area is 355 Å². The Morgan fingerprint density at radius 2 is 1.62 bits per heavy atom. The minimum Gasteiger partial charge on any atom is -0.507 e. The van der Waals surface area contributed by atoms with E-state index in [1.54, 1.807) is 30.4 Å². The number of phenols is 2. The number of ketones is 2. The highest BCUT2D eigenvalue weighted by molar-refractivity contribution is 6.02. The molecule has 2 aromatic heterocycles. The van der Waals surface area contributed by atoms with Crippen LogP contribution in [0.25, 0.3) is 12.2 Å². The molecule has 0 spiro atoms. The number of aromatic hydroxyl groups is 2. The molecule has 4 aliphatic carbocycles. The summed E-state index contributed by atoms with van der Waals surface area (Å²) in [5.41, 5.74) is 6.82. The predicted octanol–water partition coefficient (Wildman–Crippen LogP) is 8.92. The Morgan fingerprint density at radius 1 is 0.820 bits per heavy atom. The number of anilines is 1. The number of aliphatic hydroxyl groups is 2. The lowest BCUT2D eigenvalue weighted by molar-refractivity contribution is -0.129. The molecule has 10 heteroatoms. The van der Waals surface area contributed by atoms with E-state index in [1.165, 1.54) is 0 Å². The Bertz CT molecular complexity index is 2560. The van der Waals surface area contributed by atoms with Crippen LogP contribution in [0, 0.1) is 5.92 Å². The summed E-state index contributed by atoms with van der Waals surface area (Å²) >= 11 is 0. The van der Waals surface area contributed by atoms with Crippen LogP contribution >= 0.6 is 0 Å². The molecular weight excluding hydrogens is 767 g/mol. The van der Waals surface area contributed by atoms with Gasteiger partial charge in [0.05, 0.1) is 18.1 Å². The quantitative estimate of drug-likeness (QED) is 0.0883. The smallest absolute Gasteiger partial charge is 0.163 e. The van der Waals surface area contributed by atoms with E-state index >= 15 is 4.79 Å². The lowest BCUT2D eigenvalue weighted by Crippen LogP contribution is -2.39. The zero-order valence-corrected chi connectivity index (χ0v) is 34.2. The van der Waals surface area contributed by atoms with Crippen molar-refractivity contribution < 1.29 is 34.8 Å². The van der Waals surface area contributed by atoms with Crippen LogP contribution in [-0.2, 0) is 22.4 Å². The van der Waals surface area contributed by atoms with Gasteiger partial charge in [-0.1, -0.05) is 48.6 Å². The molecule has 61 heavy (non-hydrogen) atoms. The molecule has 5 aliphatic rings. The summed E-state index contributed by atoms with van der Waals surface area (Å²) in [6.45, 7) is 0. The third kappa shape index (κ3) is 7.50. The van der Waals surface area contributed by atoms with Gasteiger partial charge in [-0.25, -0.2) is 0 Å². The number of Topliss-reactive ketones (excluding diaryl/α,β-unsaturated/α-hetero) is 2. The number of hydrogen-bond acceptors (Lipinski definition) is 8. The summed E-state index contributed by atoms with van der Waals surface area (Å²) in [5.74, 6) is -0.401. The fraction of sp³-hybridized carbons (Fsp3) is 0.373. The van der Waals surface area contributed by atoms with Crippen molar-refractivity contribution in [1.82, 2.24) is 9.97 Å². The number of aliphatic hydroxyl groups excluding tert-OH is 1. The molecule has 0 amide bonds. The highest BCUT2D eigenvalue weighted by atomic mass is 16.5. The maximum Gasteiger partial charge on any atom is 0.163 e. The Balaban J connectivity index is 1.06. The van der Waals surface area contributed by atoms with E-state index < -0.39 is 23.5 Å². The van der Waals surface area contributed by atoms with Crippen molar-refractivity contribution in [2.45, 2.75) is 113 Å². The zero-order chi connectivity index (χ0) is 41.8. The molecule has 0 unspecified atom stereocenters. The van der Waals surface area contributed by atoms with E-state index in [0.717, 1.165) is 77.0 Å². The molecule has 5 aromatic rings. The highest BCUT2D eigenvalue weighted by Gasteiger charge is 2.45. The number of benzene rings is 3. The second-order valence-electron chi connectivity index (χ2n) is 18.0. The van der Waals surface area contributed by atoms with Gasteiger partial charge in [-0.05, 0) is 134 Å². The number of aromatic amines is 2. The van der Waals surface area contributed by atoms with Gasteiger partial charge >= 0.3 is 0 Å². The molecule has 0 saturated heterocycles. The van der Waals surface area contributed by atoms with Crippen molar-refractivity contribution in [2.75, 3.05) is 5.32 Å². The molecule has 7 N–H and O–H groups in total. The molecule has 1 saturated carbocycles.